The largest absolute Gasteiger partial charge is 0.369 e. The molecule has 2 rings (SSSR count). The number of allylic oxidation sites excluding steroid dienone is 1. The minimum Gasteiger partial charge on any atom is -0.369 e. The van der Waals surface area contributed by atoms with E-state index in [9.17, 15) is 4.79 Å². The van der Waals surface area contributed by atoms with Gasteiger partial charge in [0.25, 0.3) is 0 Å². The Kier molecular flexibility index (Phi) is 8.80. The fraction of sp³-hybridized carbons (Fsp3) is 0.789. The van der Waals surface area contributed by atoms with Gasteiger partial charge in [0.05, 0.1) is 5.92 Å². The van der Waals surface area contributed by atoms with E-state index in [-0.39, 0.29) is 11.8 Å². The van der Waals surface area contributed by atoms with Gasteiger partial charge < -0.3 is 21.3 Å². The smallest absolute Gasteiger partial charge is 0.221 e. The van der Waals surface area contributed by atoms with E-state index in [1.807, 2.05) is 7.05 Å². The number of nitrogens with one attached hydrogen (secondary N) is 2. The molecule has 1 aliphatic heterocycles. The average Bonchev–Trinajstić information content (AvgIpc) is 2.64. The summed E-state index contributed by atoms with van der Waals surface area (Å²) in [6.07, 6.45) is 11.8. The van der Waals surface area contributed by atoms with E-state index in [0.717, 1.165) is 64.4 Å². The molecule has 1 saturated heterocycles. The number of likely N-dealkylation sites (tertiary alicyclic amines) is 1. The standard InChI is InChI=1S/C19H35N5O/c1-21-19(23-12-10-16-7-3-2-4-8-16)22-11-6-14-24-13-5-9-17(15-24)18(20)25/h7,17H,2-6,8-15H2,1H3,(H2,20,25)(H2,21,22,23). The Hall–Kier alpha value is -1.56. The normalized spacial score (nSPS) is 22.4. The van der Waals surface area contributed by atoms with Gasteiger partial charge in [-0.05, 0) is 64.5 Å². The maximum Gasteiger partial charge on any atom is 0.221 e. The first-order valence-corrected chi connectivity index (χ1v) is 9.83. The fourth-order valence-corrected chi connectivity index (χ4v) is 3.69. The summed E-state index contributed by atoms with van der Waals surface area (Å²) >= 11 is 0. The molecule has 6 nitrogen and oxygen atoms in total. The van der Waals surface area contributed by atoms with Gasteiger partial charge in [0, 0.05) is 26.7 Å². The SMILES string of the molecule is CN=C(NCCCN1CCCC(C(N)=O)C1)NCCC1=CCCCC1. The molecule has 0 spiro atoms. The molecule has 1 atom stereocenters. The van der Waals surface area contributed by atoms with E-state index >= 15 is 0 Å². The summed E-state index contributed by atoms with van der Waals surface area (Å²) in [6, 6.07) is 0. The van der Waals surface area contributed by atoms with Crippen LogP contribution in [0.4, 0.5) is 0 Å². The Balaban J connectivity index is 1.56. The van der Waals surface area contributed by atoms with E-state index in [1.54, 1.807) is 5.57 Å². The molecule has 142 valence electrons. The van der Waals surface area contributed by atoms with Crippen LogP contribution in [0.25, 0.3) is 0 Å². The zero-order chi connectivity index (χ0) is 17.9. The van der Waals surface area contributed by atoms with Crippen LogP contribution in [-0.2, 0) is 4.79 Å². The number of aliphatic imine (C=N–C) groups is 1. The molecule has 6 heteroatoms. The number of hydrogen-bond donors (Lipinski definition) is 3. The highest BCUT2D eigenvalue weighted by Crippen LogP contribution is 2.19. The van der Waals surface area contributed by atoms with Crippen molar-refractivity contribution in [3.8, 4) is 0 Å². The quantitative estimate of drug-likeness (QED) is 0.269. The minimum atomic E-state index is -0.152. The topological polar surface area (TPSA) is 82.8 Å². The van der Waals surface area contributed by atoms with Crippen molar-refractivity contribution < 1.29 is 4.79 Å². The second-order valence-electron chi connectivity index (χ2n) is 7.18. The number of carbonyl (C=O) groups excluding carboxylic acids is 1. The van der Waals surface area contributed by atoms with Gasteiger partial charge in [-0.3, -0.25) is 9.79 Å². The van der Waals surface area contributed by atoms with Gasteiger partial charge in [-0.25, -0.2) is 0 Å². The third-order valence-electron chi connectivity index (χ3n) is 5.20. The van der Waals surface area contributed by atoms with E-state index in [4.69, 9.17) is 5.73 Å². The molecule has 0 aromatic rings. The molecule has 0 aromatic heterocycles. The van der Waals surface area contributed by atoms with Gasteiger partial charge in [0.1, 0.15) is 0 Å². The van der Waals surface area contributed by atoms with Crippen molar-refractivity contribution in [1.29, 1.82) is 0 Å². The Morgan fingerprint density at radius 3 is 2.88 bits per heavy atom. The number of guanidine groups is 1. The molecule has 4 N–H and O–H groups in total. The lowest BCUT2D eigenvalue weighted by Gasteiger charge is -2.31. The Morgan fingerprint density at radius 1 is 1.32 bits per heavy atom. The van der Waals surface area contributed by atoms with Gasteiger partial charge >= 0.3 is 0 Å². The molecule has 2 aliphatic rings. The first-order chi connectivity index (χ1) is 12.2. The van der Waals surface area contributed by atoms with Crippen LogP contribution in [0.5, 0.6) is 0 Å². The maximum absolute atomic E-state index is 11.3. The summed E-state index contributed by atoms with van der Waals surface area (Å²) in [6.45, 7) is 4.72. The number of piperidine rings is 1. The summed E-state index contributed by atoms with van der Waals surface area (Å²) in [5.74, 6) is 0.760. The van der Waals surface area contributed by atoms with Crippen molar-refractivity contribution >= 4 is 11.9 Å². The number of hydrogen-bond acceptors (Lipinski definition) is 3. The molecule has 0 aromatic carbocycles. The fourth-order valence-electron chi connectivity index (χ4n) is 3.69. The summed E-state index contributed by atoms with van der Waals surface area (Å²) in [5, 5.41) is 6.78. The van der Waals surface area contributed by atoms with Crippen LogP contribution in [0.15, 0.2) is 16.6 Å². The van der Waals surface area contributed by atoms with E-state index in [0.29, 0.717) is 0 Å². The molecule has 1 amide bonds. The summed E-state index contributed by atoms with van der Waals surface area (Å²) in [7, 11) is 1.82. The molecule has 0 saturated carbocycles. The predicted octanol–water partition coefficient (Wildman–Crippen LogP) is 1.63. The van der Waals surface area contributed by atoms with Gasteiger partial charge in [-0.2, -0.15) is 0 Å². The third-order valence-corrected chi connectivity index (χ3v) is 5.20. The monoisotopic (exact) mass is 349 g/mol. The molecule has 1 unspecified atom stereocenters. The first-order valence-electron chi connectivity index (χ1n) is 9.83. The number of nitrogens with zero attached hydrogens (tertiary/aromatic N) is 2. The summed E-state index contributed by atoms with van der Waals surface area (Å²) < 4.78 is 0. The van der Waals surface area contributed by atoms with Crippen molar-refractivity contribution in [1.82, 2.24) is 15.5 Å². The summed E-state index contributed by atoms with van der Waals surface area (Å²) in [5.41, 5.74) is 7.02. The maximum atomic E-state index is 11.3. The highest BCUT2D eigenvalue weighted by atomic mass is 16.1. The van der Waals surface area contributed by atoms with Gasteiger partial charge in [-0.15, -0.1) is 0 Å². The molecule has 1 fully saturated rings. The average molecular weight is 350 g/mol. The lowest BCUT2D eigenvalue weighted by molar-refractivity contribution is -0.123. The Morgan fingerprint density at radius 2 is 2.16 bits per heavy atom. The second-order valence-corrected chi connectivity index (χ2v) is 7.18. The highest BCUT2D eigenvalue weighted by molar-refractivity contribution is 5.79. The minimum absolute atomic E-state index is 0.0326. The number of amides is 1. The Labute approximate surface area is 152 Å². The molecular formula is C19H35N5O. The van der Waals surface area contributed by atoms with E-state index in [2.05, 4.69) is 26.6 Å². The Bertz CT molecular complexity index is 474. The number of carbonyl (C=O) groups is 1. The van der Waals surface area contributed by atoms with Gasteiger partial charge in [0.2, 0.25) is 5.91 Å². The van der Waals surface area contributed by atoms with Crippen LogP contribution in [-0.4, -0.2) is 56.5 Å². The zero-order valence-corrected chi connectivity index (χ0v) is 15.7. The zero-order valence-electron chi connectivity index (χ0n) is 15.7. The van der Waals surface area contributed by atoms with E-state index < -0.39 is 0 Å². The van der Waals surface area contributed by atoms with Gasteiger partial charge in [-0.1, -0.05) is 11.6 Å². The van der Waals surface area contributed by atoms with Crippen LogP contribution in [0.1, 0.15) is 51.4 Å². The van der Waals surface area contributed by atoms with E-state index in [1.165, 1.54) is 25.7 Å². The molecular weight excluding hydrogens is 314 g/mol. The van der Waals surface area contributed by atoms with Crippen molar-refractivity contribution in [3.63, 3.8) is 0 Å². The summed E-state index contributed by atoms with van der Waals surface area (Å²) in [4.78, 5) is 18.0. The van der Waals surface area contributed by atoms with Crippen molar-refractivity contribution in [3.05, 3.63) is 11.6 Å². The molecule has 25 heavy (non-hydrogen) atoms. The number of rotatable bonds is 8. The molecule has 0 bridgehead atoms. The van der Waals surface area contributed by atoms with Crippen LogP contribution in [0.2, 0.25) is 0 Å². The number of primary amides is 1. The number of nitrogens with two attached hydrogens (primary N) is 1. The van der Waals surface area contributed by atoms with Crippen LogP contribution < -0.4 is 16.4 Å². The van der Waals surface area contributed by atoms with Crippen molar-refractivity contribution in [2.45, 2.75) is 51.4 Å². The van der Waals surface area contributed by atoms with Gasteiger partial charge in [0.15, 0.2) is 5.96 Å². The first kappa shape index (κ1) is 19.8. The van der Waals surface area contributed by atoms with Crippen LogP contribution >= 0.6 is 0 Å². The van der Waals surface area contributed by atoms with Crippen molar-refractivity contribution in [2.75, 3.05) is 39.8 Å². The predicted molar refractivity (Wildman–Crippen MR) is 104 cm³/mol. The molecule has 1 aliphatic carbocycles. The van der Waals surface area contributed by atoms with Crippen LogP contribution in [0.3, 0.4) is 0 Å². The molecule has 0 radical (unpaired) electrons. The molecule has 1 heterocycles. The van der Waals surface area contributed by atoms with Crippen LogP contribution in [0, 0.1) is 5.92 Å². The second kappa shape index (κ2) is 11.1. The van der Waals surface area contributed by atoms with Crippen molar-refractivity contribution in [2.24, 2.45) is 16.6 Å². The third kappa shape index (κ3) is 7.46. The lowest BCUT2D eigenvalue weighted by Crippen LogP contribution is -2.43. The highest BCUT2D eigenvalue weighted by Gasteiger charge is 2.23. The lowest BCUT2D eigenvalue weighted by atomic mass is 9.97.